The van der Waals surface area contributed by atoms with E-state index < -0.39 is 0 Å². The number of nitriles is 1. The number of fused-ring (bicyclic) bond motifs is 1. The molecule has 1 heterocycles. The van der Waals surface area contributed by atoms with Crippen LogP contribution in [0.2, 0.25) is 0 Å². The number of amides is 1. The van der Waals surface area contributed by atoms with Gasteiger partial charge in [0.05, 0.1) is 10.8 Å². The molecule has 1 N–H and O–H groups in total. The number of para-hydroxylation sites is 1. The maximum absolute atomic E-state index is 12.9. The van der Waals surface area contributed by atoms with E-state index in [2.05, 4.69) is 35.7 Å². The lowest BCUT2D eigenvalue weighted by atomic mass is 9.82. The fraction of sp³-hybridized carbons (Fsp3) is 0.296. The molecule has 1 aliphatic rings. The molecular weight excluding hydrogens is 414 g/mol. The number of benzene rings is 2. The summed E-state index contributed by atoms with van der Waals surface area (Å²) in [6.07, 6.45) is 2.83. The lowest BCUT2D eigenvalue weighted by Gasteiger charge is -2.25. The second-order valence-electron chi connectivity index (χ2n) is 8.43. The Morgan fingerprint density at radius 2 is 1.88 bits per heavy atom. The molecule has 162 valence electrons. The fourth-order valence-corrected chi connectivity index (χ4v) is 5.18. The van der Waals surface area contributed by atoms with Gasteiger partial charge >= 0.3 is 0 Å². The number of aromatic nitrogens is 1. The van der Waals surface area contributed by atoms with Crippen LogP contribution in [0.1, 0.15) is 52.8 Å². The average molecular weight is 442 g/mol. The van der Waals surface area contributed by atoms with E-state index in [0.29, 0.717) is 16.5 Å². The highest BCUT2D eigenvalue weighted by Crippen LogP contribution is 2.35. The van der Waals surface area contributed by atoms with Crippen molar-refractivity contribution in [3.05, 3.63) is 88.1 Å². The van der Waals surface area contributed by atoms with E-state index in [-0.39, 0.29) is 11.2 Å². The third-order valence-electron chi connectivity index (χ3n) is 6.13. The number of thioether (sulfide) groups is 1. The van der Waals surface area contributed by atoms with Gasteiger partial charge in [-0.3, -0.25) is 4.79 Å². The van der Waals surface area contributed by atoms with E-state index in [0.717, 1.165) is 47.3 Å². The minimum atomic E-state index is -0.368. The molecule has 0 fully saturated rings. The number of anilines is 1. The summed E-state index contributed by atoms with van der Waals surface area (Å²) in [4.78, 5) is 17.7. The van der Waals surface area contributed by atoms with Crippen LogP contribution in [0.4, 0.5) is 5.69 Å². The van der Waals surface area contributed by atoms with E-state index in [1.165, 1.54) is 17.3 Å². The number of pyridine rings is 1. The summed E-state index contributed by atoms with van der Waals surface area (Å²) in [5.41, 5.74) is 7.03. The number of aryl methyl sites for hydroxylation is 3. The molecule has 3 aromatic rings. The Hall–Kier alpha value is -3.10. The average Bonchev–Trinajstić information content (AvgIpc) is 2.81. The van der Waals surface area contributed by atoms with Gasteiger partial charge in [-0.2, -0.15) is 5.26 Å². The van der Waals surface area contributed by atoms with Crippen LogP contribution in [0.3, 0.4) is 0 Å². The van der Waals surface area contributed by atoms with Crippen molar-refractivity contribution in [3.8, 4) is 6.07 Å². The van der Waals surface area contributed by atoms with Crippen LogP contribution < -0.4 is 5.32 Å². The van der Waals surface area contributed by atoms with Crippen molar-refractivity contribution in [1.29, 1.82) is 5.26 Å². The molecule has 0 spiro atoms. The number of carbonyl (C=O) groups excluding carboxylic acids is 1. The first kappa shape index (κ1) is 22.1. The number of carbonyl (C=O) groups is 1. The molecular formula is C27H27N3OS. The van der Waals surface area contributed by atoms with Crippen LogP contribution in [0.15, 0.2) is 59.6 Å². The molecule has 5 heteroatoms. The minimum absolute atomic E-state index is 0.0834. The number of nitrogens with zero attached hydrogens (tertiary/aromatic N) is 2. The van der Waals surface area contributed by atoms with Gasteiger partial charge in [-0.25, -0.2) is 4.98 Å². The van der Waals surface area contributed by atoms with E-state index in [4.69, 9.17) is 4.98 Å². The monoisotopic (exact) mass is 441 g/mol. The smallest absolute Gasteiger partial charge is 0.237 e. The number of nitrogens with one attached hydrogen (secondary N) is 1. The summed E-state index contributed by atoms with van der Waals surface area (Å²) in [6.45, 7) is 5.84. The number of hydrogen-bond acceptors (Lipinski definition) is 4. The minimum Gasteiger partial charge on any atom is -0.325 e. The largest absolute Gasteiger partial charge is 0.325 e. The molecule has 0 bridgehead atoms. The lowest BCUT2D eigenvalue weighted by molar-refractivity contribution is -0.115. The first-order chi connectivity index (χ1) is 15.5. The third kappa shape index (κ3) is 4.71. The van der Waals surface area contributed by atoms with Gasteiger partial charge in [-0.1, -0.05) is 60.3 Å². The molecule has 1 amide bonds. The van der Waals surface area contributed by atoms with Crippen LogP contribution in [-0.2, 0) is 17.6 Å². The number of hydrogen-bond donors (Lipinski definition) is 1. The highest BCUT2D eigenvalue weighted by Gasteiger charge is 2.25. The summed E-state index contributed by atoms with van der Waals surface area (Å²) in [5.74, 6) is 0.373. The first-order valence-corrected chi connectivity index (χ1v) is 11.9. The highest BCUT2D eigenvalue weighted by atomic mass is 32.2. The fourth-order valence-electron chi connectivity index (χ4n) is 4.28. The van der Waals surface area contributed by atoms with Crippen molar-refractivity contribution in [1.82, 2.24) is 4.98 Å². The molecule has 1 aromatic heterocycles. The summed E-state index contributed by atoms with van der Waals surface area (Å²) in [5, 5.41) is 13.1. The van der Waals surface area contributed by atoms with Gasteiger partial charge in [0, 0.05) is 11.4 Å². The van der Waals surface area contributed by atoms with Crippen LogP contribution in [0, 0.1) is 25.2 Å². The van der Waals surface area contributed by atoms with Gasteiger partial charge in [0.15, 0.2) is 0 Å². The van der Waals surface area contributed by atoms with Crippen molar-refractivity contribution in [3.63, 3.8) is 0 Å². The molecule has 2 aromatic carbocycles. The van der Waals surface area contributed by atoms with E-state index in [9.17, 15) is 10.1 Å². The van der Waals surface area contributed by atoms with E-state index in [1.807, 2.05) is 51.1 Å². The molecule has 4 nitrogen and oxygen atoms in total. The van der Waals surface area contributed by atoms with Gasteiger partial charge < -0.3 is 5.32 Å². The van der Waals surface area contributed by atoms with Gasteiger partial charge in [-0.05, 0) is 74.3 Å². The Kier molecular flexibility index (Phi) is 6.62. The topological polar surface area (TPSA) is 65.8 Å². The summed E-state index contributed by atoms with van der Waals surface area (Å²) in [6, 6.07) is 20.8. The lowest BCUT2D eigenvalue weighted by Crippen LogP contribution is -2.24. The van der Waals surface area contributed by atoms with Crippen molar-refractivity contribution in [2.45, 2.75) is 56.2 Å². The SMILES string of the molecule is Cc1cccc(C)c1NC(=O)C(C)Sc1nc2c(cc1C#N)CC(c1ccccc1)CC2. The van der Waals surface area contributed by atoms with Gasteiger partial charge in [-0.15, -0.1) is 0 Å². The summed E-state index contributed by atoms with van der Waals surface area (Å²) >= 11 is 1.36. The molecule has 32 heavy (non-hydrogen) atoms. The van der Waals surface area contributed by atoms with Crippen LogP contribution >= 0.6 is 11.8 Å². The summed E-state index contributed by atoms with van der Waals surface area (Å²) < 4.78 is 0. The predicted octanol–water partition coefficient (Wildman–Crippen LogP) is 5.96. The summed E-state index contributed by atoms with van der Waals surface area (Å²) in [7, 11) is 0. The zero-order chi connectivity index (χ0) is 22.7. The Labute approximate surface area is 194 Å². The number of rotatable bonds is 5. The predicted molar refractivity (Wildman–Crippen MR) is 130 cm³/mol. The van der Waals surface area contributed by atoms with Gasteiger partial charge in [0.2, 0.25) is 5.91 Å². The molecule has 2 atom stereocenters. The van der Waals surface area contributed by atoms with Crippen LogP contribution in [0.25, 0.3) is 0 Å². The quantitative estimate of drug-likeness (QED) is 0.496. The second-order valence-corrected chi connectivity index (χ2v) is 9.75. The zero-order valence-corrected chi connectivity index (χ0v) is 19.5. The van der Waals surface area contributed by atoms with Crippen molar-refractivity contribution in [2.75, 3.05) is 5.32 Å². The standard InChI is InChI=1S/C27H27N3OS/c1-17-8-7-9-18(2)25(17)30-26(31)19(3)32-27-23(16-28)15-22-14-21(12-13-24(22)29-27)20-10-5-4-6-11-20/h4-11,15,19,21H,12-14H2,1-3H3,(H,30,31). The molecule has 0 radical (unpaired) electrons. The zero-order valence-electron chi connectivity index (χ0n) is 18.7. The Morgan fingerprint density at radius 1 is 1.16 bits per heavy atom. The Bertz CT molecular complexity index is 1160. The van der Waals surface area contributed by atoms with Crippen LogP contribution in [0.5, 0.6) is 0 Å². The van der Waals surface area contributed by atoms with Crippen molar-refractivity contribution in [2.24, 2.45) is 0 Å². The molecule has 0 saturated heterocycles. The normalized spacial score (nSPS) is 16.0. The maximum atomic E-state index is 12.9. The molecule has 2 unspecified atom stereocenters. The van der Waals surface area contributed by atoms with Crippen molar-refractivity contribution >= 4 is 23.4 Å². The second kappa shape index (κ2) is 9.58. The Morgan fingerprint density at radius 3 is 2.56 bits per heavy atom. The third-order valence-corrected chi connectivity index (χ3v) is 7.23. The van der Waals surface area contributed by atoms with Gasteiger partial charge in [0.25, 0.3) is 0 Å². The van der Waals surface area contributed by atoms with Gasteiger partial charge in [0.1, 0.15) is 11.1 Å². The molecule has 0 aliphatic heterocycles. The Balaban J connectivity index is 1.51. The van der Waals surface area contributed by atoms with E-state index in [1.54, 1.807) is 0 Å². The molecule has 1 aliphatic carbocycles. The van der Waals surface area contributed by atoms with E-state index >= 15 is 0 Å². The van der Waals surface area contributed by atoms with Crippen LogP contribution in [-0.4, -0.2) is 16.1 Å². The van der Waals surface area contributed by atoms with Crippen molar-refractivity contribution < 1.29 is 4.79 Å². The first-order valence-electron chi connectivity index (χ1n) is 11.0. The highest BCUT2D eigenvalue weighted by molar-refractivity contribution is 8.00. The maximum Gasteiger partial charge on any atom is 0.237 e. The molecule has 4 rings (SSSR count). The molecule has 0 saturated carbocycles.